The Morgan fingerprint density at radius 1 is 0.840 bits per heavy atom. The topological polar surface area (TPSA) is 15.3 Å². The first kappa shape index (κ1) is 19.5. The Kier molecular flexibility index (Phi) is 7.02. The summed E-state index contributed by atoms with van der Waals surface area (Å²) in [6, 6.07) is 13.2. The van der Waals surface area contributed by atoms with Crippen LogP contribution in [0.2, 0.25) is 0 Å². The number of benzene rings is 2. The fraction of sp³-hybridized carbons (Fsp3) is 0.400. The van der Waals surface area contributed by atoms with Crippen molar-refractivity contribution < 1.29 is 13.2 Å². The predicted molar refractivity (Wildman–Crippen MR) is 96.4 cm³/mol. The summed E-state index contributed by atoms with van der Waals surface area (Å²) >= 11 is 0. The lowest BCUT2D eigenvalue weighted by molar-refractivity contribution is -0.137. The van der Waals surface area contributed by atoms with Gasteiger partial charge in [0.2, 0.25) is 0 Å². The van der Waals surface area contributed by atoms with Crippen molar-refractivity contribution in [2.45, 2.75) is 26.6 Å². The minimum absolute atomic E-state index is 0.620. The van der Waals surface area contributed by atoms with E-state index in [2.05, 4.69) is 24.1 Å². The largest absolute Gasteiger partial charge is 0.416 e. The maximum atomic E-state index is 12.6. The van der Waals surface area contributed by atoms with Gasteiger partial charge >= 0.3 is 6.18 Å². The second-order valence-corrected chi connectivity index (χ2v) is 5.98. The van der Waals surface area contributed by atoms with Gasteiger partial charge in [0.25, 0.3) is 0 Å². The van der Waals surface area contributed by atoms with Crippen LogP contribution in [-0.2, 0) is 12.7 Å². The van der Waals surface area contributed by atoms with Gasteiger partial charge in [0.1, 0.15) is 0 Å². The van der Waals surface area contributed by atoms with Crippen molar-refractivity contribution in [3.05, 3.63) is 59.7 Å². The Balaban J connectivity index is 1.89. The van der Waals surface area contributed by atoms with Crippen LogP contribution in [0.1, 0.15) is 25.0 Å². The van der Waals surface area contributed by atoms with Crippen molar-refractivity contribution in [2.24, 2.45) is 0 Å². The molecule has 5 heteroatoms. The van der Waals surface area contributed by atoms with Gasteiger partial charge in [0, 0.05) is 19.6 Å². The van der Waals surface area contributed by atoms with Crippen LogP contribution in [0.5, 0.6) is 0 Å². The first-order valence-corrected chi connectivity index (χ1v) is 8.63. The first-order valence-electron chi connectivity index (χ1n) is 8.63. The van der Waals surface area contributed by atoms with Gasteiger partial charge in [0.05, 0.1) is 5.56 Å². The average Bonchev–Trinajstić information content (AvgIpc) is 2.62. The third-order valence-electron chi connectivity index (χ3n) is 4.33. The number of hydrogen-bond donors (Lipinski definition) is 1. The van der Waals surface area contributed by atoms with Gasteiger partial charge in [-0.25, -0.2) is 0 Å². The standard InChI is InChI=1S/C20H25F3N2/c1-3-25(4-2)14-13-24-15-16-5-7-17(8-6-16)18-9-11-19(12-10-18)20(21,22)23/h5-12,24H,3-4,13-15H2,1-2H3. The summed E-state index contributed by atoms with van der Waals surface area (Å²) in [5.41, 5.74) is 2.25. The Labute approximate surface area is 147 Å². The molecule has 0 aromatic heterocycles. The number of hydrogen-bond acceptors (Lipinski definition) is 2. The van der Waals surface area contributed by atoms with Crippen LogP contribution >= 0.6 is 0 Å². The van der Waals surface area contributed by atoms with E-state index in [4.69, 9.17) is 0 Å². The van der Waals surface area contributed by atoms with Gasteiger partial charge in [-0.1, -0.05) is 50.2 Å². The van der Waals surface area contributed by atoms with E-state index in [1.165, 1.54) is 12.1 Å². The zero-order valence-electron chi connectivity index (χ0n) is 14.7. The average molecular weight is 350 g/mol. The molecule has 2 nitrogen and oxygen atoms in total. The lowest BCUT2D eigenvalue weighted by Crippen LogP contribution is -2.31. The van der Waals surface area contributed by atoms with E-state index in [0.29, 0.717) is 0 Å². The third-order valence-corrected chi connectivity index (χ3v) is 4.33. The molecule has 136 valence electrons. The molecule has 2 aromatic rings. The minimum atomic E-state index is -4.29. The fourth-order valence-corrected chi connectivity index (χ4v) is 2.68. The predicted octanol–water partition coefficient (Wildman–Crippen LogP) is 4.80. The Morgan fingerprint density at radius 3 is 1.84 bits per heavy atom. The van der Waals surface area contributed by atoms with E-state index in [9.17, 15) is 13.2 Å². The normalized spacial score (nSPS) is 11.9. The van der Waals surface area contributed by atoms with Gasteiger partial charge < -0.3 is 10.2 Å². The third kappa shape index (κ3) is 5.87. The van der Waals surface area contributed by atoms with Crippen molar-refractivity contribution in [2.75, 3.05) is 26.2 Å². The summed E-state index contributed by atoms with van der Waals surface area (Å²) in [5.74, 6) is 0. The summed E-state index contributed by atoms with van der Waals surface area (Å²) in [6.07, 6.45) is -4.29. The highest BCUT2D eigenvalue weighted by molar-refractivity contribution is 5.64. The molecule has 0 radical (unpaired) electrons. The number of nitrogens with one attached hydrogen (secondary N) is 1. The van der Waals surface area contributed by atoms with Gasteiger partial charge in [0.15, 0.2) is 0 Å². The van der Waals surface area contributed by atoms with Gasteiger partial charge in [-0.15, -0.1) is 0 Å². The molecule has 0 saturated carbocycles. The Morgan fingerprint density at radius 2 is 1.36 bits per heavy atom. The molecule has 0 aliphatic rings. The lowest BCUT2D eigenvalue weighted by atomic mass is 10.0. The first-order chi connectivity index (χ1) is 11.9. The molecule has 25 heavy (non-hydrogen) atoms. The van der Waals surface area contributed by atoms with E-state index in [-0.39, 0.29) is 0 Å². The number of halogens is 3. The van der Waals surface area contributed by atoms with Gasteiger partial charge in [-0.05, 0) is 41.9 Å². The quantitative estimate of drug-likeness (QED) is 0.688. The molecule has 0 heterocycles. The van der Waals surface area contributed by atoms with E-state index in [1.54, 1.807) is 0 Å². The molecular formula is C20H25F3N2. The number of alkyl halides is 3. The highest BCUT2D eigenvalue weighted by Crippen LogP contribution is 2.31. The molecule has 1 N–H and O–H groups in total. The van der Waals surface area contributed by atoms with Crippen LogP contribution in [-0.4, -0.2) is 31.1 Å². The number of likely N-dealkylation sites (N-methyl/N-ethyl adjacent to an activating group) is 1. The molecular weight excluding hydrogens is 325 g/mol. The van der Waals surface area contributed by atoms with E-state index >= 15 is 0 Å². The summed E-state index contributed by atoms with van der Waals surface area (Å²) in [7, 11) is 0. The van der Waals surface area contributed by atoms with Crippen LogP contribution < -0.4 is 5.32 Å². The van der Waals surface area contributed by atoms with Crippen LogP contribution in [0, 0.1) is 0 Å². The van der Waals surface area contributed by atoms with Crippen molar-refractivity contribution in [3.63, 3.8) is 0 Å². The molecule has 0 spiro atoms. The summed E-state index contributed by atoms with van der Waals surface area (Å²) in [5, 5.41) is 3.42. The second-order valence-electron chi connectivity index (χ2n) is 5.98. The van der Waals surface area contributed by atoms with Crippen molar-refractivity contribution >= 4 is 0 Å². The number of nitrogens with zero attached hydrogens (tertiary/aromatic N) is 1. The molecule has 0 bridgehead atoms. The molecule has 2 rings (SSSR count). The highest BCUT2D eigenvalue weighted by Gasteiger charge is 2.29. The zero-order valence-corrected chi connectivity index (χ0v) is 14.7. The van der Waals surface area contributed by atoms with Crippen LogP contribution in [0.4, 0.5) is 13.2 Å². The summed E-state index contributed by atoms with van der Waals surface area (Å²) in [4.78, 5) is 2.36. The van der Waals surface area contributed by atoms with E-state index < -0.39 is 11.7 Å². The zero-order chi connectivity index (χ0) is 18.3. The lowest BCUT2D eigenvalue weighted by Gasteiger charge is -2.18. The van der Waals surface area contributed by atoms with Crippen LogP contribution in [0.25, 0.3) is 11.1 Å². The van der Waals surface area contributed by atoms with Gasteiger partial charge in [-0.2, -0.15) is 13.2 Å². The highest BCUT2D eigenvalue weighted by atomic mass is 19.4. The maximum absolute atomic E-state index is 12.6. The van der Waals surface area contributed by atoms with Crippen molar-refractivity contribution in [3.8, 4) is 11.1 Å². The molecule has 0 atom stereocenters. The second kappa shape index (κ2) is 9.02. The smallest absolute Gasteiger partial charge is 0.311 e. The summed E-state index contributed by atoms with van der Waals surface area (Å²) in [6.45, 7) is 9.17. The molecule has 0 aliphatic carbocycles. The summed E-state index contributed by atoms with van der Waals surface area (Å²) < 4.78 is 37.8. The van der Waals surface area contributed by atoms with Gasteiger partial charge in [-0.3, -0.25) is 0 Å². The SMILES string of the molecule is CCN(CC)CCNCc1ccc(-c2ccc(C(F)(F)F)cc2)cc1. The number of rotatable bonds is 8. The Hall–Kier alpha value is -1.85. The van der Waals surface area contributed by atoms with Crippen molar-refractivity contribution in [1.29, 1.82) is 0 Å². The molecule has 0 aliphatic heterocycles. The Bertz CT molecular complexity index is 629. The monoisotopic (exact) mass is 350 g/mol. The molecule has 0 unspecified atom stereocenters. The molecule has 0 saturated heterocycles. The minimum Gasteiger partial charge on any atom is -0.311 e. The maximum Gasteiger partial charge on any atom is 0.416 e. The van der Waals surface area contributed by atoms with E-state index in [1.807, 2.05) is 24.3 Å². The van der Waals surface area contributed by atoms with E-state index in [0.717, 1.165) is 61.5 Å². The van der Waals surface area contributed by atoms with Crippen LogP contribution in [0.15, 0.2) is 48.5 Å². The molecule has 0 amide bonds. The molecule has 0 fully saturated rings. The fourth-order valence-electron chi connectivity index (χ4n) is 2.68. The van der Waals surface area contributed by atoms with Crippen molar-refractivity contribution in [1.82, 2.24) is 10.2 Å². The molecule has 2 aromatic carbocycles. The van der Waals surface area contributed by atoms with Crippen LogP contribution in [0.3, 0.4) is 0 Å².